The van der Waals surface area contributed by atoms with Gasteiger partial charge in [0.05, 0.1) is 10.5 Å². The minimum absolute atomic E-state index is 0.00389. The van der Waals surface area contributed by atoms with Crippen LogP contribution in [0.25, 0.3) is 22.0 Å². The predicted molar refractivity (Wildman–Crippen MR) is 86.7 cm³/mol. The second-order valence-corrected chi connectivity index (χ2v) is 5.11. The zero-order chi connectivity index (χ0) is 16.6. The molecule has 114 valence electrons. The number of Topliss-reactive ketones (excluding diaryl/α,β-unsaturated/α-hetero) is 1. The monoisotopic (exact) mass is 308 g/mol. The maximum Gasteiger partial charge on any atom is 0.270 e. The number of hydrogen-bond acceptors (Lipinski definition) is 4. The fourth-order valence-electron chi connectivity index (χ4n) is 2.65. The number of fused-ring (bicyclic) bond motifs is 1. The van der Waals surface area contributed by atoms with E-state index in [0.29, 0.717) is 22.0 Å². The van der Waals surface area contributed by atoms with E-state index < -0.39 is 16.3 Å². The summed E-state index contributed by atoms with van der Waals surface area (Å²) in [6.07, 6.45) is 0. The maximum atomic E-state index is 12.3. The Morgan fingerprint density at radius 3 is 2.57 bits per heavy atom. The smallest absolute Gasteiger partial charge is 0.270 e. The molecule has 1 aromatic heterocycles. The van der Waals surface area contributed by atoms with E-state index in [1.807, 2.05) is 0 Å². The maximum absolute atomic E-state index is 12.3. The van der Waals surface area contributed by atoms with Crippen LogP contribution in [0.5, 0.6) is 0 Å². The van der Waals surface area contributed by atoms with Crippen molar-refractivity contribution in [1.82, 2.24) is 4.98 Å². The first-order valence-electron chi connectivity index (χ1n) is 6.90. The largest absolute Gasteiger partial charge is 0.321 e. The molecule has 1 N–H and O–H groups in total. The van der Waals surface area contributed by atoms with E-state index in [1.54, 1.807) is 30.3 Å². The molecule has 1 heterocycles. The molecule has 0 saturated carbocycles. The Kier molecular flexibility index (Phi) is 3.50. The van der Waals surface area contributed by atoms with Crippen LogP contribution in [0.15, 0.2) is 53.3 Å². The molecule has 2 aromatic carbocycles. The fraction of sp³-hybridized carbons (Fsp3) is 0.0588. The molecule has 0 spiro atoms. The topological polar surface area (TPSA) is 93.1 Å². The molecule has 0 atom stereocenters. The van der Waals surface area contributed by atoms with Gasteiger partial charge in [-0.25, -0.2) is 0 Å². The molecule has 0 amide bonds. The summed E-state index contributed by atoms with van der Waals surface area (Å²) in [7, 11) is 0. The lowest BCUT2D eigenvalue weighted by molar-refractivity contribution is -0.384. The minimum Gasteiger partial charge on any atom is -0.321 e. The molecule has 0 aliphatic heterocycles. The van der Waals surface area contributed by atoms with Crippen LogP contribution in [0.4, 0.5) is 5.69 Å². The van der Waals surface area contributed by atoms with E-state index >= 15 is 0 Å². The number of hydrogen-bond donors (Lipinski definition) is 1. The van der Waals surface area contributed by atoms with Gasteiger partial charge in [-0.3, -0.25) is 19.7 Å². The number of nitrogens with one attached hydrogen (secondary N) is 1. The summed E-state index contributed by atoms with van der Waals surface area (Å²) in [6.45, 7) is 1.31. The van der Waals surface area contributed by atoms with Gasteiger partial charge in [0.2, 0.25) is 0 Å². The molecule has 3 aromatic rings. The number of ketones is 1. The van der Waals surface area contributed by atoms with E-state index in [2.05, 4.69) is 4.98 Å². The first kappa shape index (κ1) is 14.6. The van der Waals surface area contributed by atoms with Crippen molar-refractivity contribution in [2.24, 2.45) is 0 Å². The van der Waals surface area contributed by atoms with Crippen molar-refractivity contribution in [3.05, 3.63) is 74.6 Å². The van der Waals surface area contributed by atoms with Gasteiger partial charge in [-0.15, -0.1) is 0 Å². The number of benzene rings is 2. The molecule has 0 bridgehead atoms. The summed E-state index contributed by atoms with van der Waals surface area (Å²) in [6, 6.07) is 13.0. The number of non-ortho nitro benzene ring substituents is 1. The highest BCUT2D eigenvalue weighted by molar-refractivity contribution is 6.08. The van der Waals surface area contributed by atoms with E-state index in [9.17, 15) is 19.7 Å². The number of aromatic nitrogens is 1. The highest BCUT2D eigenvalue weighted by Crippen LogP contribution is 2.31. The summed E-state index contributed by atoms with van der Waals surface area (Å²) in [5.74, 6) is -0.390. The Morgan fingerprint density at radius 1 is 1.13 bits per heavy atom. The van der Waals surface area contributed by atoms with Crippen LogP contribution < -0.4 is 5.56 Å². The van der Waals surface area contributed by atoms with Crippen LogP contribution in [0.2, 0.25) is 0 Å². The zero-order valence-corrected chi connectivity index (χ0v) is 12.2. The van der Waals surface area contributed by atoms with E-state index in [0.717, 1.165) is 0 Å². The van der Waals surface area contributed by atoms with Crippen LogP contribution in [0.1, 0.15) is 17.3 Å². The lowest BCUT2D eigenvalue weighted by Gasteiger charge is -2.11. The molecule has 23 heavy (non-hydrogen) atoms. The molecule has 6 nitrogen and oxygen atoms in total. The average Bonchev–Trinajstić information content (AvgIpc) is 2.53. The summed E-state index contributed by atoms with van der Waals surface area (Å²) in [5.41, 5.74) is 0.861. The second-order valence-electron chi connectivity index (χ2n) is 5.11. The molecule has 0 unspecified atom stereocenters. The first-order chi connectivity index (χ1) is 11.0. The van der Waals surface area contributed by atoms with E-state index in [1.165, 1.54) is 25.1 Å². The lowest BCUT2D eigenvalue weighted by atomic mass is 9.94. The molecule has 0 aliphatic rings. The van der Waals surface area contributed by atoms with Gasteiger partial charge in [0, 0.05) is 28.6 Å². The molecule has 0 fully saturated rings. The van der Waals surface area contributed by atoms with Crippen molar-refractivity contribution in [2.45, 2.75) is 6.92 Å². The first-order valence-corrected chi connectivity index (χ1v) is 6.90. The van der Waals surface area contributed by atoms with Gasteiger partial charge in [-0.1, -0.05) is 30.3 Å². The number of para-hydroxylation sites is 1. The van der Waals surface area contributed by atoms with Crippen LogP contribution >= 0.6 is 0 Å². The SMILES string of the molecule is CC(=O)c1c(-c2cccc([N+](=O)[O-])c2)c2ccccc2[nH]c1=O. The molecule has 0 radical (unpaired) electrons. The zero-order valence-electron chi connectivity index (χ0n) is 12.2. The summed E-state index contributed by atoms with van der Waals surface area (Å²) in [4.78, 5) is 37.4. The number of carbonyl (C=O) groups is 1. The Labute approximate surface area is 130 Å². The van der Waals surface area contributed by atoms with Crippen LogP contribution in [0, 0.1) is 10.1 Å². The molecule has 0 aliphatic carbocycles. The number of H-pyrrole nitrogens is 1. The van der Waals surface area contributed by atoms with Crippen molar-refractivity contribution < 1.29 is 9.72 Å². The van der Waals surface area contributed by atoms with E-state index in [4.69, 9.17) is 0 Å². The third kappa shape index (κ3) is 2.50. The predicted octanol–water partition coefficient (Wildman–Crippen LogP) is 3.31. The number of nitro groups is 1. The standard InChI is InChI=1S/C17H12N2O4/c1-10(20)15-16(11-5-4-6-12(9-11)19(22)23)13-7-2-3-8-14(13)18-17(15)21/h2-9H,1H3,(H,18,21). The minimum atomic E-state index is -0.508. The average molecular weight is 308 g/mol. The number of aromatic amines is 1. The van der Waals surface area contributed by atoms with Crippen molar-refractivity contribution in [3.63, 3.8) is 0 Å². The van der Waals surface area contributed by atoms with Crippen molar-refractivity contribution in [1.29, 1.82) is 0 Å². The van der Waals surface area contributed by atoms with Gasteiger partial charge in [-0.2, -0.15) is 0 Å². The van der Waals surface area contributed by atoms with Crippen LogP contribution in [-0.4, -0.2) is 15.7 Å². The van der Waals surface area contributed by atoms with Gasteiger partial charge in [-0.05, 0) is 18.6 Å². The Hall–Kier alpha value is -3.28. The number of rotatable bonds is 3. The highest BCUT2D eigenvalue weighted by atomic mass is 16.6. The summed E-state index contributed by atoms with van der Waals surface area (Å²) in [5, 5.41) is 11.7. The molecule has 3 rings (SSSR count). The Bertz CT molecular complexity index is 1000. The van der Waals surface area contributed by atoms with E-state index in [-0.39, 0.29) is 11.3 Å². The number of nitro benzene ring substituents is 1. The molecule has 0 saturated heterocycles. The summed E-state index contributed by atoms with van der Waals surface area (Å²) < 4.78 is 0. The third-order valence-electron chi connectivity index (χ3n) is 3.62. The Balaban J connectivity index is 2.46. The number of pyridine rings is 1. The lowest BCUT2D eigenvalue weighted by Crippen LogP contribution is -2.18. The quantitative estimate of drug-likeness (QED) is 0.456. The van der Waals surface area contributed by atoms with Gasteiger partial charge in [0.25, 0.3) is 11.2 Å². The summed E-state index contributed by atoms with van der Waals surface area (Å²) >= 11 is 0. The Morgan fingerprint density at radius 2 is 1.87 bits per heavy atom. The molecule has 6 heteroatoms. The van der Waals surface area contributed by atoms with Gasteiger partial charge < -0.3 is 4.98 Å². The number of carbonyl (C=O) groups excluding carboxylic acids is 1. The van der Waals surface area contributed by atoms with Crippen LogP contribution in [-0.2, 0) is 0 Å². The van der Waals surface area contributed by atoms with Gasteiger partial charge >= 0.3 is 0 Å². The highest BCUT2D eigenvalue weighted by Gasteiger charge is 2.19. The number of nitrogens with zero attached hydrogens (tertiary/aromatic N) is 1. The van der Waals surface area contributed by atoms with Crippen molar-refractivity contribution >= 4 is 22.4 Å². The third-order valence-corrected chi connectivity index (χ3v) is 3.62. The molecular weight excluding hydrogens is 296 g/mol. The van der Waals surface area contributed by atoms with Crippen molar-refractivity contribution in [2.75, 3.05) is 0 Å². The van der Waals surface area contributed by atoms with Crippen LogP contribution in [0.3, 0.4) is 0 Å². The van der Waals surface area contributed by atoms with Crippen molar-refractivity contribution in [3.8, 4) is 11.1 Å². The van der Waals surface area contributed by atoms with Gasteiger partial charge in [0.15, 0.2) is 5.78 Å². The molecular formula is C17H12N2O4. The fourth-order valence-corrected chi connectivity index (χ4v) is 2.65. The second kappa shape index (κ2) is 5.49. The normalized spacial score (nSPS) is 10.7. The van der Waals surface area contributed by atoms with Gasteiger partial charge in [0.1, 0.15) is 0 Å².